The van der Waals surface area contributed by atoms with Crippen LogP contribution in [0.3, 0.4) is 0 Å². The number of halogens is 6. The van der Waals surface area contributed by atoms with Crippen molar-refractivity contribution >= 4 is 63.9 Å². The standard InChI is InChI=1S/C19H14Cl4F2N2O2/c20-12-3-2-10(8-11(12)17(28)26-6-5-24)27-18(29)16-15(19(16,22)23)9-1-4-14(25)13(21)7-9/h1-4,7-8,15-16H,5-6H2,(H,26,28)(H,27,29). The maximum absolute atomic E-state index is 13.4. The van der Waals surface area contributed by atoms with Crippen LogP contribution >= 0.6 is 46.4 Å². The summed E-state index contributed by atoms with van der Waals surface area (Å²) in [6, 6.07) is 8.32. The summed E-state index contributed by atoms with van der Waals surface area (Å²) in [5.41, 5.74) is 0.902. The van der Waals surface area contributed by atoms with Crippen molar-refractivity contribution in [1.82, 2.24) is 5.32 Å². The van der Waals surface area contributed by atoms with Gasteiger partial charge in [0.25, 0.3) is 5.91 Å². The quantitative estimate of drug-likeness (QED) is 0.546. The van der Waals surface area contributed by atoms with Gasteiger partial charge in [-0.15, -0.1) is 23.2 Å². The SMILES string of the molecule is O=C(NCCF)c1cc(NC(=O)C2C(c3ccc(F)c(Cl)c3)C2(Cl)Cl)ccc1Cl. The fourth-order valence-corrected chi connectivity index (χ4v) is 4.25. The zero-order valence-electron chi connectivity index (χ0n) is 14.6. The van der Waals surface area contributed by atoms with Gasteiger partial charge in [-0.3, -0.25) is 9.59 Å². The molecule has 1 saturated carbocycles. The highest BCUT2D eigenvalue weighted by atomic mass is 35.5. The van der Waals surface area contributed by atoms with E-state index in [2.05, 4.69) is 10.6 Å². The summed E-state index contributed by atoms with van der Waals surface area (Å²) < 4.78 is 24.3. The smallest absolute Gasteiger partial charge is 0.252 e. The van der Waals surface area contributed by atoms with Gasteiger partial charge in [0, 0.05) is 18.2 Å². The molecule has 2 unspecified atom stereocenters. The number of hydrogen-bond donors (Lipinski definition) is 2. The number of hydrogen-bond acceptors (Lipinski definition) is 2. The molecule has 1 fully saturated rings. The monoisotopic (exact) mass is 480 g/mol. The molecule has 2 aromatic rings. The van der Waals surface area contributed by atoms with Crippen LogP contribution in [0.2, 0.25) is 10.0 Å². The topological polar surface area (TPSA) is 58.2 Å². The fourth-order valence-electron chi connectivity index (χ4n) is 3.03. The van der Waals surface area contributed by atoms with Crippen LogP contribution in [0.4, 0.5) is 14.5 Å². The molecule has 0 bridgehead atoms. The molecule has 4 nitrogen and oxygen atoms in total. The Kier molecular flexibility index (Phi) is 6.58. The van der Waals surface area contributed by atoms with Gasteiger partial charge in [-0.25, -0.2) is 8.78 Å². The molecule has 10 heteroatoms. The summed E-state index contributed by atoms with van der Waals surface area (Å²) in [7, 11) is 0. The van der Waals surface area contributed by atoms with Crippen molar-refractivity contribution in [2.75, 3.05) is 18.5 Å². The average molecular weight is 482 g/mol. The molecular formula is C19H14Cl4F2N2O2. The van der Waals surface area contributed by atoms with Crippen LogP contribution in [0.1, 0.15) is 21.8 Å². The summed E-state index contributed by atoms with van der Waals surface area (Å²) in [5.74, 6) is -3.04. The molecular weight excluding hydrogens is 468 g/mol. The number of nitrogens with one attached hydrogen (secondary N) is 2. The van der Waals surface area contributed by atoms with E-state index in [-0.39, 0.29) is 27.8 Å². The van der Waals surface area contributed by atoms with Crippen LogP contribution in [0.5, 0.6) is 0 Å². The third kappa shape index (κ3) is 4.61. The number of benzene rings is 2. The number of carbonyl (C=O) groups excluding carboxylic acids is 2. The van der Waals surface area contributed by atoms with Crippen molar-refractivity contribution in [2.24, 2.45) is 5.92 Å². The first kappa shape index (κ1) is 22.1. The van der Waals surface area contributed by atoms with Gasteiger partial charge < -0.3 is 10.6 Å². The predicted octanol–water partition coefficient (Wildman–Crippen LogP) is 5.36. The lowest BCUT2D eigenvalue weighted by atomic mass is 10.1. The van der Waals surface area contributed by atoms with E-state index < -0.39 is 40.5 Å². The molecule has 29 heavy (non-hydrogen) atoms. The van der Waals surface area contributed by atoms with Crippen molar-refractivity contribution in [3.63, 3.8) is 0 Å². The van der Waals surface area contributed by atoms with E-state index in [0.29, 0.717) is 5.56 Å². The molecule has 0 spiro atoms. The highest BCUT2D eigenvalue weighted by Gasteiger charge is 2.67. The largest absolute Gasteiger partial charge is 0.349 e. The molecule has 0 aliphatic heterocycles. The van der Waals surface area contributed by atoms with Crippen LogP contribution in [0, 0.1) is 11.7 Å². The summed E-state index contributed by atoms with van der Waals surface area (Å²) in [6.07, 6.45) is 0. The third-order valence-electron chi connectivity index (χ3n) is 4.50. The molecule has 2 aromatic carbocycles. The molecule has 2 N–H and O–H groups in total. The van der Waals surface area contributed by atoms with Gasteiger partial charge in [0.1, 0.15) is 16.8 Å². The van der Waals surface area contributed by atoms with E-state index in [1.165, 1.54) is 36.4 Å². The Labute approximate surface area is 185 Å². The van der Waals surface area contributed by atoms with Gasteiger partial charge in [-0.2, -0.15) is 0 Å². The molecule has 2 amide bonds. The van der Waals surface area contributed by atoms with Crippen molar-refractivity contribution in [2.45, 2.75) is 10.3 Å². The van der Waals surface area contributed by atoms with Crippen molar-refractivity contribution in [3.05, 3.63) is 63.4 Å². The number of rotatable bonds is 6. The Balaban J connectivity index is 1.76. The number of carbonyl (C=O) groups is 2. The Morgan fingerprint density at radius 1 is 1.07 bits per heavy atom. The second-order valence-corrected chi connectivity index (χ2v) is 8.69. The average Bonchev–Trinajstić information content (AvgIpc) is 3.25. The Morgan fingerprint density at radius 3 is 2.45 bits per heavy atom. The normalized spacial score (nSPS) is 19.5. The highest BCUT2D eigenvalue weighted by Crippen LogP contribution is 2.65. The zero-order chi connectivity index (χ0) is 21.3. The van der Waals surface area contributed by atoms with Crippen LogP contribution in [0.25, 0.3) is 0 Å². The molecule has 3 rings (SSSR count). The van der Waals surface area contributed by atoms with Crippen LogP contribution < -0.4 is 10.6 Å². The zero-order valence-corrected chi connectivity index (χ0v) is 17.6. The van der Waals surface area contributed by atoms with Gasteiger partial charge >= 0.3 is 0 Å². The minimum atomic E-state index is -1.39. The minimum Gasteiger partial charge on any atom is -0.349 e. The predicted molar refractivity (Wildman–Crippen MR) is 110 cm³/mol. The molecule has 1 aliphatic carbocycles. The lowest BCUT2D eigenvalue weighted by Gasteiger charge is -2.09. The van der Waals surface area contributed by atoms with Gasteiger partial charge in [0.15, 0.2) is 0 Å². The highest BCUT2D eigenvalue weighted by molar-refractivity contribution is 6.53. The second kappa shape index (κ2) is 8.64. The molecule has 2 atom stereocenters. The summed E-state index contributed by atoms with van der Waals surface area (Å²) in [5, 5.41) is 5.05. The molecule has 1 aliphatic rings. The number of anilines is 1. The van der Waals surface area contributed by atoms with Crippen molar-refractivity contribution in [3.8, 4) is 0 Å². The second-order valence-electron chi connectivity index (χ2n) is 6.43. The molecule has 0 aromatic heterocycles. The van der Waals surface area contributed by atoms with Crippen LogP contribution in [-0.2, 0) is 4.79 Å². The summed E-state index contributed by atoms with van der Waals surface area (Å²) >= 11 is 24.3. The first-order valence-corrected chi connectivity index (χ1v) is 9.95. The van der Waals surface area contributed by atoms with Crippen LogP contribution in [0.15, 0.2) is 36.4 Å². The van der Waals surface area contributed by atoms with Crippen molar-refractivity contribution in [1.29, 1.82) is 0 Å². The van der Waals surface area contributed by atoms with E-state index in [0.717, 1.165) is 0 Å². The summed E-state index contributed by atoms with van der Waals surface area (Å²) in [4.78, 5) is 24.7. The maximum atomic E-state index is 13.4. The lowest BCUT2D eigenvalue weighted by Crippen LogP contribution is -2.26. The first-order chi connectivity index (χ1) is 13.7. The third-order valence-corrected chi connectivity index (χ3v) is 6.06. The first-order valence-electron chi connectivity index (χ1n) is 8.44. The Morgan fingerprint density at radius 2 is 1.79 bits per heavy atom. The minimum absolute atomic E-state index is 0.0820. The van der Waals surface area contributed by atoms with E-state index >= 15 is 0 Å². The van der Waals surface area contributed by atoms with E-state index in [9.17, 15) is 18.4 Å². The van der Waals surface area contributed by atoms with Gasteiger partial charge in [0.05, 0.1) is 21.5 Å². The molecule has 154 valence electrons. The van der Waals surface area contributed by atoms with Crippen LogP contribution in [-0.4, -0.2) is 29.4 Å². The van der Waals surface area contributed by atoms with E-state index in [1.54, 1.807) is 0 Å². The Hall–Kier alpha value is -1.60. The molecule has 0 radical (unpaired) electrons. The maximum Gasteiger partial charge on any atom is 0.252 e. The van der Waals surface area contributed by atoms with Crippen molar-refractivity contribution < 1.29 is 18.4 Å². The van der Waals surface area contributed by atoms with Gasteiger partial charge in [-0.05, 0) is 35.9 Å². The van der Waals surface area contributed by atoms with E-state index in [4.69, 9.17) is 46.4 Å². The molecule has 0 saturated heterocycles. The van der Waals surface area contributed by atoms with E-state index in [1.807, 2.05) is 0 Å². The Bertz CT molecular complexity index is 971. The molecule has 0 heterocycles. The fraction of sp³-hybridized carbons (Fsp3) is 0.263. The lowest BCUT2D eigenvalue weighted by molar-refractivity contribution is -0.117. The number of amides is 2. The number of alkyl halides is 3. The van der Waals surface area contributed by atoms with Gasteiger partial charge in [0.2, 0.25) is 5.91 Å². The summed E-state index contributed by atoms with van der Waals surface area (Å²) in [6.45, 7) is -0.874. The van der Waals surface area contributed by atoms with Gasteiger partial charge in [-0.1, -0.05) is 29.3 Å².